The van der Waals surface area contributed by atoms with Gasteiger partial charge in [0.2, 0.25) is 0 Å². The molecule has 0 atom stereocenters. The average molecular weight is 283 g/mol. The molecule has 1 aliphatic carbocycles. The standard InChI is InChI=1S/C17H21N3O/c1-11(2)12-7-4-5-9-14(12)18-17(21)16-13-8-6-10-15(13)20(3)19-16/h4-5,7,9,11H,6,8,10H2,1-3H3,(H,18,21). The van der Waals surface area contributed by atoms with Crippen LogP contribution in [-0.2, 0) is 19.9 Å². The number of hydrogen-bond acceptors (Lipinski definition) is 2. The van der Waals surface area contributed by atoms with Gasteiger partial charge in [0.15, 0.2) is 5.69 Å². The van der Waals surface area contributed by atoms with Crippen LogP contribution in [-0.4, -0.2) is 15.7 Å². The summed E-state index contributed by atoms with van der Waals surface area (Å²) in [6, 6.07) is 7.97. The average Bonchev–Trinajstić information content (AvgIpc) is 3.03. The maximum Gasteiger partial charge on any atom is 0.276 e. The van der Waals surface area contributed by atoms with Gasteiger partial charge >= 0.3 is 0 Å². The predicted molar refractivity (Wildman–Crippen MR) is 83.7 cm³/mol. The molecule has 4 nitrogen and oxygen atoms in total. The van der Waals surface area contributed by atoms with Crippen molar-refractivity contribution in [3.8, 4) is 0 Å². The van der Waals surface area contributed by atoms with Crippen molar-refractivity contribution in [2.75, 3.05) is 5.32 Å². The smallest absolute Gasteiger partial charge is 0.276 e. The van der Waals surface area contributed by atoms with Gasteiger partial charge in [0, 0.05) is 24.0 Å². The van der Waals surface area contributed by atoms with Gasteiger partial charge < -0.3 is 5.32 Å². The largest absolute Gasteiger partial charge is 0.320 e. The number of fused-ring (bicyclic) bond motifs is 1. The molecule has 1 aliphatic rings. The number of carbonyl (C=O) groups is 1. The monoisotopic (exact) mass is 283 g/mol. The van der Waals surface area contributed by atoms with Gasteiger partial charge in [-0.05, 0) is 36.8 Å². The van der Waals surface area contributed by atoms with Crippen molar-refractivity contribution < 1.29 is 4.79 Å². The molecule has 1 heterocycles. The second-order valence-corrected chi connectivity index (χ2v) is 5.95. The second-order valence-electron chi connectivity index (χ2n) is 5.95. The van der Waals surface area contributed by atoms with E-state index >= 15 is 0 Å². The van der Waals surface area contributed by atoms with E-state index < -0.39 is 0 Å². The van der Waals surface area contributed by atoms with Crippen LogP contribution in [0.3, 0.4) is 0 Å². The molecule has 0 spiro atoms. The van der Waals surface area contributed by atoms with E-state index in [2.05, 4.69) is 30.3 Å². The maximum atomic E-state index is 12.6. The van der Waals surface area contributed by atoms with Gasteiger partial charge in [-0.25, -0.2) is 0 Å². The number of nitrogens with zero attached hydrogens (tertiary/aromatic N) is 2. The zero-order valence-corrected chi connectivity index (χ0v) is 12.8. The third-order valence-corrected chi connectivity index (χ3v) is 4.16. The highest BCUT2D eigenvalue weighted by molar-refractivity contribution is 6.04. The summed E-state index contributed by atoms with van der Waals surface area (Å²) in [7, 11) is 1.92. The fourth-order valence-electron chi connectivity index (χ4n) is 3.09. The van der Waals surface area contributed by atoms with E-state index in [-0.39, 0.29) is 5.91 Å². The normalized spacial score (nSPS) is 13.5. The SMILES string of the molecule is CC(C)c1ccccc1NC(=O)c1nn(C)c2c1CCC2. The molecule has 110 valence electrons. The van der Waals surface area contributed by atoms with Crippen molar-refractivity contribution in [2.24, 2.45) is 7.05 Å². The molecule has 1 aromatic carbocycles. The van der Waals surface area contributed by atoms with Gasteiger partial charge in [0.25, 0.3) is 5.91 Å². The van der Waals surface area contributed by atoms with Crippen molar-refractivity contribution in [3.63, 3.8) is 0 Å². The number of anilines is 1. The Morgan fingerprint density at radius 1 is 1.29 bits per heavy atom. The number of rotatable bonds is 3. The van der Waals surface area contributed by atoms with Gasteiger partial charge in [-0.3, -0.25) is 9.48 Å². The molecule has 2 aromatic rings. The van der Waals surface area contributed by atoms with E-state index in [1.807, 2.05) is 29.9 Å². The van der Waals surface area contributed by atoms with E-state index in [4.69, 9.17) is 0 Å². The van der Waals surface area contributed by atoms with Crippen molar-refractivity contribution >= 4 is 11.6 Å². The molecule has 1 aromatic heterocycles. The van der Waals surface area contributed by atoms with Crippen LogP contribution in [0.4, 0.5) is 5.69 Å². The van der Waals surface area contributed by atoms with Crippen LogP contribution in [0.15, 0.2) is 24.3 Å². The fourth-order valence-corrected chi connectivity index (χ4v) is 3.09. The van der Waals surface area contributed by atoms with E-state index in [1.165, 1.54) is 5.69 Å². The highest BCUT2D eigenvalue weighted by atomic mass is 16.2. The molecule has 0 bridgehead atoms. The van der Waals surface area contributed by atoms with Gasteiger partial charge in [0.1, 0.15) is 0 Å². The second kappa shape index (κ2) is 5.35. The molecule has 0 saturated carbocycles. The number of carbonyl (C=O) groups excluding carboxylic acids is 1. The Balaban J connectivity index is 1.90. The third-order valence-electron chi connectivity index (χ3n) is 4.16. The first-order valence-corrected chi connectivity index (χ1v) is 7.53. The number of amides is 1. The molecule has 0 unspecified atom stereocenters. The highest BCUT2D eigenvalue weighted by Gasteiger charge is 2.25. The first-order chi connectivity index (χ1) is 10.1. The van der Waals surface area contributed by atoms with Crippen molar-refractivity contribution in [1.29, 1.82) is 0 Å². The molecular formula is C17H21N3O. The van der Waals surface area contributed by atoms with Crippen LogP contribution in [0.1, 0.15) is 53.5 Å². The van der Waals surface area contributed by atoms with E-state index in [9.17, 15) is 4.79 Å². The molecule has 1 amide bonds. The summed E-state index contributed by atoms with van der Waals surface area (Å²) >= 11 is 0. The van der Waals surface area contributed by atoms with Crippen LogP contribution in [0.5, 0.6) is 0 Å². The van der Waals surface area contributed by atoms with Gasteiger partial charge in [-0.2, -0.15) is 5.10 Å². The minimum atomic E-state index is -0.0955. The number of nitrogens with one attached hydrogen (secondary N) is 1. The van der Waals surface area contributed by atoms with Crippen molar-refractivity contribution in [3.05, 3.63) is 46.8 Å². The Morgan fingerprint density at radius 3 is 2.81 bits per heavy atom. The molecular weight excluding hydrogens is 262 g/mol. The quantitative estimate of drug-likeness (QED) is 0.939. The summed E-state index contributed by atoms with van der Waals surface area (Å²) in [5.74, 6) is 0.276. The molecule has 0 saturated heterocycles. The Hall–Kier alpha value is -2.10. The summed E-state index contributed by atoms with van der Waals surface area (Å²) in [6.07, 6.45) is 3.09. The van der Waals surface area contributed by atoms with Crippen molar-refractivity contribution in [1.82, 2.24) is 9.78 Å². The first-order valence-electron chi connectivity index (χ1n) is 7.53. The predicted octanol–water partition coefficient (Wildman–Crippen LogP) is 3.28. The lowest BCUT2D eigenvalue weighted by Gasteiger charge is -2.13. The summed E-state index contributed by atoms with van der Waals surface area (Å²) < 4.78 is 1.85. The zero-order chi connectivity index (χ0) is 15.0. The van der Waals surface area contributed by atoms with Crippen LogP contribution in [0.25, 0.3) is 0 Å². The summed E-state index contributed by atoms with van der Waals surface area (Å²) in [6.45, 7) is 4.26. The van der Waals surface area contributed by atoms with Crippen LogP contribution < -0.4 is 5.32 Å². The van der Waals surface area contributed by atoms with Gasteiger partial charge in [0.05, 0.1) is 0 Å². The fraction of sp³-hybridized carbons (Fsp3) is 0.412. The molecule has 21 heavy (non-hydrogen) atoms. The Morgan fingerprint density at radius 2 is 2.05 bits per heavy atom. The summed E-state index contributed by atoms with van der Waals surface area (Å²) in [5.41, 5.74) is 4.95. The lowest BCUT2D eigenvalue weighted by Crippen LogP contribution is -2.16. The van der Waals surface area contributed by atoms with E-state index in [0.717, 1.165) is 36.1 Å². The summed E-state index contributed by atoms with van der Waals surface area (Å²) in [5, 5.41) is 7.44. The Bertz CT molecular complexity index is 685. The lowest BCUT2D eigenvalue weighted by molar-refractivity contribution is 0.102. The summed E-state index contributed by atoms with van der Waals surface area (Å²) in [4.78, 5) is 12.6. The molecule has 0 aliphatic heterocycles. The molecule has 4 heteroatoms. The molecule has 0 fully saturated rings. The van der Waals surface area contributed by atoms with Gasteiger partial charge in [-0.1, -0.05) is 32.0 Å². The molecule has 1 N–H and O–H groups in total. The number of benzene rings is 1. The minimum absolute atomic E-state index is 0.0955. The van der Waals surface area contributed by atoms with Crippen LogP contribution in [0.2, 0.25) is 0 Å². The third kappa shape index (κ3) is 2.46. The highest BCUT2D eigenvalue weighted by Crippen LogP contribution is 2.27. The maximum absolute atomic E-state index is 12.6. The lowest BCUT2D eigenvalue weighted by atomic mass is 10.0. The topological polar surface area (TPSA) is 46.9 Å². The molecule has 0 radical (unpaired) electrons. The minimum Gasteiger partial charge on any atom is -0.320 e. The number of aryl methyl sites for hydroxylation is 1. The van der Waals surface area contributed by atoms with E-state index in [0.29, 0.717) is 11.6 Å². The van der Waals surface area contributed by atoms with E-state index in [1.54, 1.807) is 0 Å². The first kappa shape index (κ1) is 13.9. The zero-order valence-electron chi connectivity index (χ0n) is 12.8. The Labute approximate surface area is 125 Å². The van der Waals surface area contributed by atoms with Gasteiger partial charge in [-0.15, -0.1) is 0 Å². The van der Waals surface area contributed by atoms with Crippen molar-refractivity contribution in [2.45, 2.75) is 39.0 Å². The number of hydrogen-bond donors (Lipinski definition) is 1. The number of para-hydroxylation sites is 1. The number of aromatic nitrogens is 2. The Kier molecular flexibility index (Phi) is 3.53. The molecule has 3 rings (SSSR count). The van der Waals surface area contributed by atoms with Crippen LogP contribution >= 0.6 is 0 Å². The van der Waals surface area contributed by atoms with Crippen LogP contribution in [0, 0.1) is 0 Å².